The van der Waals surface area contributed by atoms with Gasteiger partial charge in [-0.2, -0.15) is 4.31 Å². The fourth-order valence-corrected chi connectivity index (χ4v) is 4.35. The van der Waals surface area contributed by atoms with Crippen molar-refractivity contribution in [1.29, 1.82) is 0 Å². The third-order valence-electron chi connectivity index (χ3n) is 4.22. The zero-order chi connectivity index (χ0) is 18.6. The van der Waals surface area contributed by atoms with Crippen molar-refractivity contribution in [3.05, 3.63) is 34.4 Å². The Bertz CT molecular complexity index is 758. The van der Waals surface area contributed by atoms with Gasteiger partial charge in [-0.15, -0.1) is 12.4 Å². The number of carbonyl (C=O) groups excluding carboxylic acids is 1. The number of nitrogens with zero attached hydrogens (tertiary/aromatic N) is 2. The number of likely N-dealkylation sites (N-methyl/N-ethyl adjacent to an activating group) is 1. The molecule has 1 heterocycles. The first-order chi connectivity index (χ1) is 11.8. The van der Waals surface area contributed by atoms with E-state index in [-0.39, 0.29) is 41.5 Å². The van der Waals surface area contributed by atoms with Crippen molar-refractivity contribution >= 4 is 34.0 Å². The summed E-state index contributed by atoms with van der Waals surface area (Å²) in [5.74, 6) is -0.353. The Morgan fingerprint density at radius 1 is 1.46 bits per heavy atom. The summed E-state index contributed by atoms with van der Waals surface area (Å²) in [6.07, 6.45) is 0.988. The largest absolute Gasteiger partial charge is 0.353 e. The summed E-state index contributed by atoms with van der Waals surface area (Å²) in [5.41, 5.74) is -0.302. The molecule has 0 saturated carbocycles. The summed E-state index contributed by atoms with van der Waals surface area (Å²) in [5, 5.41) is 16.6. The van der Waals surface area contributed by atoms with E-state index in [4.69, 9.17) is 0 Å². The van der Waals surface area contributed by atoms with Gasteiger partial charge in [-0.25, -0.2) is 8.42 Å². The van der Waals surface area contributed by atoms with E-state index in [1.165, 1.54) is 18.2 Å². The lowest BCUT2D eigenvalue weighted by atomic mass is 10.2. The number of carbonyl (C=O) groups is 1. The predicted octanol–water partition coefficient (Wildman–Crippen LogP) is 0.894. The first-order valence-corrected chi connectivity index (χ1v) is 9.42. The van der Waals surface area contributed by atoms with Gasteiger partial charge in [0, 0.05) is 31.3 Å². The SMILES string of the molecule is CNC(C)CNC(=O)C1CCCN1S(=O)(=O)c1cccc([N+](=O)[O-])c1.Cl. The molecule has 1 aliphatic heterocycles. The van der Waals surface area contributed by atoms with Gasteiger partial charge < -0.3 is 10.6 Å². The number of nitro groups is 1. The van der Waals surface area contributed by atoms with Crippen molar-refractivity contribution in [2.24, 2.45) is 0 Å². The minimum absolute atomic E-state index is 0. The van der Waals surface area contributed by atoms with E-state index >= 15 is 0 Å². The molecule has 1 aromatic carbocycles. The molecule has 0 bridgehead atoms. The van der Waals surface area contributed by atoms with Gasteiger partial charge in [0.1, 0.15) is 6.04 Å². The maximum atomic E-state index is 12.8. The summed E-state index contributed by atoms with van der Waals surface area (Å²) >= 11 is 0. The summed E-state index contributed by atoms with van der Waals surface area (Å²) in [4.78, 5) is 22.4. The van der Waals surface area contributed by atoms with Crippen LogP contribution in [0.3, 0.4) is 0 Å². The Balaban J connectivity index is 0.00000338. The molecular weight excluding hydrogens is 384 g/mol. The van der Waals surface area contributed by atoms with Crippen molar-refractivity contribution in [2.45, 2.75) is 36.7 Å². The van der Waals surface area contributed by atoms with Crippen molar-refractivity contribution in [3.63, 3.8) is 0 Å². The standard InChI is InChI=1S/C15H22N4O5S.ClH/c1-11(16-2)10-17-15(20)14-7-4-8-18(14)25(23,24)13-6-3-5-12(9-13)19(21)22;/h3,5-6,9,11,14,16H,4,7-8,10H2,1-2H3,(H,17,20);1H. The highest BCUT2D eigenvalue weighted by Crippen LogP contribution is 2.28. The number of sulfonamides is 1. The number of hydrogen-bond acceptors (Lipinski definition) is 6. The predicted molar refractivity (Wildman–Crippen MR) is 98.8 cm³/mol. The molecule has 0 aliphatic carbocycles. The van der Waals surface area contributed by atoms with Crippen LogP contribution < -0.4 is 10.6 Å². The van der Waals surface area contributed by atoms with Gasteiger partial charge in [-0.05, 0) is 32.9 Å². The molecular formula is C15H23ClN4O5S. The molecule has 0 aromatic heterocycles. The smallest absolute Gasteiger partial charge is 0.270 e. The van der Waals surface area contributed by atoms with Crippen LogP contribution in [0.25, 0.3) is 0 Å². The average Bonchev–Trinajstić information content (AvgIpc) is 3.10. The van der Waals surface area contributed by atoms with Crippen LogP contribution in [0.15, 0.2) is 29.2 Å². The minimum atomic E-state index is -3.98. The fraction of sp³-hybridized carbons (Fsp3) is 0.533. The highest BCUT2D eigenvalue weighted by atomic mass is 35.5. The molecule has 1 saturated heterocycles. The molecule has 0 radical (unpaired) electrons. The number of halogens is 1. The molecule has 1 aromatic rings. The van der Waals surface area contributed by atoms with Crippen LogP contribution in [-0.4, -0.2) is 55.8 Å². The van der Waals surface area contributed by atoms with Crippen molar-refractivity contribution < 1.29 is 18.1 Å². The zero-order valence-corrected chi connectivity index (χ0v) is 16.2. The number of nitro benzene ring substituents is 1. The van der Waals surface area contributed by atoms with Crippen molar-refractivity contribution in [1.82, 2.24) is 14.9 Å². The van der Waals surface area contributed by atoms with Crippen LogP contribution in [0.2, 0.25) is 0 Å². The molecule has 9 nitrogen and oxygen atoms in total. The molecule has 0 spiro atoms. The number of rotatable bonds is 7. The second-order valence-electron chi connectivity index (χ2n) is 5.96. The van der Waals surface area contributed by atoms with Gasteiger partial charge in [0.25, 0.3) is 5.69 Å². The monoisotopic (exact) mass is 406 g/mol. The summed E-state index contributed by atoms with van der Waals surface area (Å²) in [7, 11) is -2.21. The highest BCUT2D eigenvalue weighted by Gasteiger charge is 2.39. The van der Waals surface area contributed by atoms with Gasteiger partial charge in [-0.1, -0.05) is 6.07 Å². The second-order valence-corrected chi connectivity index (χ2v) is 7.85. The molecule has 1 fully saturated rings. The number of hydrogen-bond donors (Lipinski definition) is 2. The van der Waals surface area contributed by atoms with E-state index in [2.05, 4.69) is 10.6 Å². The zero-order valence-electron chi connectivity index (χ0n) is 14.5. The molecule has 11 heteroatoms. The lowest BCUT2D eigenvalue weighted by Crippen LogP contribution is -2.48. The maximum Gasteiger partial charge on any atom is 0.270 e. The van der Waals surface area contributed by atoms with Crippen LogP contribution in [0.1, 0.15) is 19.8 Å². The van der Waals surface area contributed by atoms with Crippen LogP contribution in [0, 0.1) is 10.1 Å². The minimum Gasteiger partial charge on any atom is -0.353 e. The van der Waals surface area contributed by atoms with E-state index in [1.807, 2.05) is 6.92 Å². The molecule has 2 unspecified atom stereocenters. The number of nitrogens with one attached hydrogen (secondary N) is 2. The molecule has 1 aliphatic rings. The molecule has 2 N–H and O–H groups in total. The normalized spacial score (nSPS) is 18.8. The molecule has 2 rings (SSSR count). The average molecular weight is 407 g/mol. The van der Waals surface area contributed by atoms with Gasteiger partial charge in [0.05, 0.1) is 9.82 Å². The molecule has 1 amide bonds. The third kappa shape index (κ3) is 4.91. The Labute approximate surface area is 158 Å². The van der Waals surface area contributed by atoms with Crippen LogP contribution >= 0.6 is 12.4 Å². The lowest BCUT2D eigenvalue weighted by Gasteiger charge is -2.24. The molecule has 26 heavy (non-hydrogen) atoms. The molecule has 146 valence electrons. The maximum absolute atomic E-state index is 12.8. The van der Waals surface area contributed by atoms with E-state index < -0.39 is 21.0 Å². The summed E-state index contributed by atoms with van der Waals surface area (Å²) in [6.45, 7) is 2.49. The van der Waals surface area contributed by atoms with Crippen LogP contribution in [-0.2, 0) is 14.8 Å². The summed E-state index contributed by atoms with van der Waals surface area (Å²) < 4.78 is 26.8. The number of amides is 1. The third-order valence-corrected chi connectivity index (χ3v) is 6.12. The van der Waals surface area contributed by atoms with Gasteiger partial charge in [0.15, 0.2) is 0 Å². The topological polar surface area (TPSA) is 122 Å². The van der Waals surface area contributed by atoms with E-state index in [1.54, 1.807) is 7.05 Å². The molecule has 2 atom stereocenters. The summed E-state index contributed by atoms with van der Waals surface area (Å²) in [6, 6.07) is 4.14. The lowest BCUT2D eigenvalue weighted by molar-refractivity contribution is -0.385. The Morgan fingerprint density at radius 3 is 2.77 bits per heavy atom. The van der Waals surface area contributed by atoms with E-state index in [0.717, 1.165) is 10.4 Å². The van der Waals surface area contributed by atoms with E-state index in [0.29, 0.717) is 19.4 Å². The van der Waals surface area contributed by atoms with Crippen molar-refractivity contribution in [3.8, 4) is 0 Å². The van der Waals surface area contributed by atoms with Gasteiger partial charge >= 0.3 is 0 Å². The van der Waals surface area contributed by atoms with E-state index in [9.17, 15) is 23.3 Å². The Morgan fingerprint density at radius 2 is 2.15 bits per heavy atom. The first-order valence-electron chi connectivity index (χ1n) is 7.98. The highest BCUT2D eigenvalue weighted by molar-refractivity contribution is 7.89. The van der Waals surface area contributed by atoms with Crippen LogP contribution in [0.4, 0.5) is 5.69 Å². The Hall–Kier alpha value is -1.75. The first kappa shape index (κ1) is 22.3. The fourth-order valence-electron chi connectivity index (χ4n) is 2.66. The number of non-ortho nitro benzene ring substituents is 1. The van der Waals surface area contributed by atoms with Crippen molar-refractivity contribution in [2.75, 3.05) is 20.1 Å². The van der Waals surface area contributed by atoms with Gasteiger partial charge in [-0.3, -0.25) is 14.9 Å². The Kier molecular flexibility index (Phi) is 7.94. The second kappa shape index (κ2) is 9.26. The quantitative estimate of drug-likeness (QED) is 0.512. The van der Waals surface area contributed by atoms with Gasteiger partial charge in [0.2, 0.25) is 15.9 Å². The number of benzene rings is 1. The van der Waals surface area contributed by atoms with Crippen LogP contribution in [0.5, 0.6) is 0 Å².